The standard InChI is InChI=1S/C15H9NO3/c17-14-12-7-3-6-11-10-5-2-1-4-9(10)8-16(13(11)12)15(18)19-14/h1-7H,8H2. The van der Waals surface area contributed by atoms with Gasteiger partial charge in [0.1, 0.15) is 0 Å². The summed E-state index contributed by atoms with van der Waals surface area (Å²) in [5.74, 6) is -0.598. The van der Waals surface area contributed by atoms with Crippen LogP contribution in [0.2, 0.25) is 0 Å². The smallest absolute Gasteiger partial charge is 0.372 e. The topological polar surface area (TPSA) is 52.2 Å². The van der Waals surface area contributed by atoms with E-state index in [9.17, 15) is 9.59 Å². The molecule has 1 aliphatic rings. The second-order valence-electron chi connectivity index (χ2n) is 4.60. The Morgan fingerprint density at radius 1 is 0.947 bits per heavy atom. The Kier molecular flexibility index (Phi) is 1.87. The number of hydrogen-bond donors (Lipinski definition) is 0. The van der Waals surface area contributed by atoms with E-state index in [2.05, 4.69) is 0 Å². The highest BCUT2D eigenvalue weighted by Crippen LogP contribution is 2.33. The van der Waals surface area contributed by atoms with Crippen LogP contribution in [-0.4, -0.2) is 4.57 Å². The Bertz CT molecular complexity index is 934. The first-order valence-electron chi connectivity index (χ1n) is 6.00. The monoisotopic (exact) mass is 251 g/mol. The molecule has 4 nitrogen and oxygen atoms in total. The molecule has 0 saturated heterocycles. The van der Waals surface area contributed by atoms with Crippen LogP contribution < -0.4 is 11.4 Å². The maximum Gasteiger partial charge on any atom is 0.422 e. The summed E-state index contributed by atoms with van der Waals surface area (Å²) in [6.45, 7) is 0.437. The Morgan fingerprint density at radius 2 is 1.74 bits per heavy atom. The van der Waals surface area contributed by atoms with Gasteiger partial charge in [0.25, 0.3) is 0 Å². The van der Waals surface area contributed by atoms with Crippen LogP contribution >= 0.6 is 0 Å². The molecule has 0 atom stereocenters. The second-order valence-corrected chi connectivity index (χ2v) is 4.60. The fraction of sp³-hybridized carbons (Fsp3) is 0.0667. The van der Waals surface area contributed by atoms with E-state index in [4.69, 9.17) is 4.42 Å². The quantitative estimate of drug-likeness (QED) is 0.480. The van der Waals surface area contributed by atoms with Crippen molar-refractivity contribution < 1.29 is 4.42 Å². The van der Waals surface area contributed by atoms with Crippen molar-refractivity contribution in [2.75, 3.05) is 0 Å². The summed E-state index contributed by atoms with van der Waals surface area (Å²) >= 11 is 0. The van der Waals surface area contributed by atoms with E-state index in [-0.39, 0.29) is 0 Å². The van der Waals surface area contributed by atoms with Gasteiger partial charge in [-0.25, -0.2) is 9.59 Å². The van der Waals surface area contributed by atoms with E-state index >= 15 is 0 Å². The summed E-state index contributed by atoms with van der Waals surface area (Å²) in [5, 5.41) is 0.451. The third kappa shape index (κ3) is 1.28. The summed E-state index contributed by atoms with van der Waals surface area (Å²) in [5.41, 5.74) is 3.13. The van der Waals surface area contributed by atoms with Crippen LogP contribution in [0.4, 0.5) is 0 Å². The van der Waals surface area contributed by atoms with Crippen molar-refractivity contribution in [2.45, 2.75) is 6.54 Å². The number of aromatic nitrogens is 1. The lowest BCUT2D eigenvalue weighted by Crippen LogP contribution is -2.27. The Hall–Kier alpha value is -2.62. The highest BCUT2D eigenvalue weighted by atomic mass is 16.4. The molecule has 19 heavy (non-hydrogen) atoms. The van der Waals surface area contributed by atoms with Crippen LogP contribution in [0.1, 0.15) is 5.56 Å². The predicted molar refractivity (Wildman–Crippen MR) is 71.3 cm³/mol. The van der Waals surface area contributed by atoms with Crippen molar-refractivity contribution in [2.24, 2.45) is 0 Å². The van der Waals surface area contributed by atoms with E-state index in [1.807, 2.05) is 36.4 Å². The molecule has 1 aromatic heterocycles. The first-order chi connectivity index (χ1) is 9.25. The molecule has 2 heterocycles. The van der Waals surface area contributed by atoms with Crippen molar-refractivity contribution in [3.63, 3.8) is 0 Å². The molecule has 1 aliphatic heterocycles. The molecule has 0 amide bonds. The molecule has 4 heteroatoms. The predicted octanol–water partition coefficient (Wildman–Crippen LogP) is 1.98. The van der Waals surface area contributed by atoms with Crippen LogP contribution in [0.15, 0.2) is 56.5 Å². The van der Waals surface area contributed by atoms with E-state index in [1.54, 1.807) is 6.07 Å². The molecule has 0 fully saturated rings. The van der Waals surface area contributed by atoms with Gasteiger partial charge in [0.2, 0.25) is 0 Å². The number of hydrogen-bond acceptors (Lipinski definition) is 3. The molecular weight excluding hydrogens is 242 g/mol. The van der Waals surface area contributed by atoms with E-state index < -0.39 is 11.4 Å². The molecule has 0 radical (unpaired) electrons. The Morgan fingerprint density at radius 3 is 2.63 bits per heavy atom. The summed E-state index contributed by atoms with van der Waals surface area (Å²) in [4.78, 5) is 23.7. The molecule has 0 spiro atoms. The van der Waals surface area contributed by atoms with E-state index in [0.717, 1.165) is 16.7 Å². The zero-order chi connectivity index (χ0) is 13.0. The largest absolute Gasteiger partial charge is 0.422 e. The van der Waals surface area contributed by atoms with Gasteiger partial charge in [-0.1, -0.05) is 36.4 Å². The van der Waals surface area contributed by atoms with Gasteiger partial charge in [-0.15, -0.1) is 0 Å². The van der Waals surface area contributed by atoms with E-state index in [0.29, 0.717) is 17.4 Å². The minimum absolute atomic E-state index is 0.437. The average Bonchev–Trinajstić information content (AvgIpc) is 2.44. The lowest BCUT2D eigenvalue weighted by atomic mass is 9.94. The van der Waals surface area contributed by atoms with Crippen molar-refractivity contribution in [1.82, 2.24) is 4.57 Å². The van der Waals surface area contributed by atoms with Crippen molar-refractivity contribution in [1.29, 1.82) is 0 Å². The van der Waals surface area contributed by atoms with Crippen LogP contribution in [0.5, 0.6) is 0 Å². The minimum atomic E-state index is -0.598. The second kappa shape index (κ2) is 3.45. The van der Waals surface area contributed by atoms with Gasteiger partial charge in [-0.2, -0.15) is 0 Å². The third-order valence-electron chi connectivity index (χ3n) is 3.56. The maximum atomic E-state index is 11.9. The van der Waals surface area contributed by atoms with Gasteiger partial charge in [-0.05, 0) is 17.2 Å². The highest BCUT2D eigenvalue weighted by Gasteiger charge is 2.20. The summed E-state index contributed by atoms with van der Waals surface area (Å²) in [6, 6.07) is 13.3. The highest BCUT2D eigenvalue weighted by molar-refractivity contribution is 5.95. The molecule has 4 rings (SSSR count). The zero-order valence-corrected chi connectivity index (χ0v) is 9.92. The number of benzene rings is 2. The molecule has 0 bridgehead atoms. The fourth-order valence-electron chi connectivity index (χ4n) is 2.73. The third-order valence-corrected chi connectivity index (χ3v) is 3.56. The average molecular weight is 251 g/mol. The molecule has 3 aromatic rings. The van der Waals surface area contributed by atoms with Gasteiger partial charge < -0.3 is 4.42 Å². The first kappa shape index (κ1) is 10.3. The van der Waals surface area contributed by atoms with Crippen molar-refractivity contribution >= 4 is 10.9 Å². The molecule has 0 saturated carbocycles. The maximum absolute atomic E-state index is 11.9. The summed E-state index contributed by atoms with van der Waals surface area (Å²) < 4.78 is 6.29. The van der Waals surface area contributed by atoms with Crippen LogP contribution in [-0.2, 0) is 6.54 Å². The summed E-state index contributed by atoms with van der Waals surface area (Å²) in [7, 11) is 0. The molecule has 2 aromatic carbocycles. The van der Waals surface area contributed by atoms with E-state index in [1.165, 1.54) is 4.57 Å². The van der Waals surface area contributed by atoms with Crippen LogP contribution in [0.3, 0.4) is 0 Å². The molecule has 0 unspecified atom stereocenters. The van der Waals surface area contributed by atoms with Gasteiger partial charge in [0.15, 0.2) is 0 Å². The lowest BCUT2D eigenvalue weighted by Gasteiger charge is -2.20. The Labute approximate surface area is 107 Å². The minimum Gasteiger partial charge on any atom is -0.372 e. The first-order valence-corrected chi connectivity index (χ1v) is 6.00. The van der Waals surface area contributed by atoms with Gasteiger partial charge in [-0.3, -0.25) is 4.57 Å². The molecule has 0 N–H and O–H groups in total. The molecule has 92 valence electrons. The fourth-order valence-corrected chi connectivity index (χ4v) is 2.73. The normalized spacial score (nSPS) is 12.4. The SMILES string of the molecule is O=c1oc(=O)n2c3c(cccc13)-c1ccccc1C2. The van der Waals surface area contributed by atoms with Crippen LogP contribution in [0, 0.1) is 0 Å². The lowest BCUT2D eigenvalue weighted by molar-refractivity contribution is 0.424. The van der Waals surface area contributed by atoms with Gasteiger partial charge in [0, 0.05) is 5.56 Å². The zero-order valence-electron chi connectivity index (χ0n) is 9.92. The van der Waals surface area contributed by atoms with Gasteiger partial charge in [0.05, 0.1) is 17.4 Å². The van der Waals surface area contributed by atoms with Crippen LogP contribution in [0.25, 0.3) is 22.0 Å². The van der Waals surface area contributed by atoms with Gasteiger partial charge >= 0.3 is 11.4 Å². The summed E-state index contributed by atoms with van der Waals surface area (Å²) in [6.07, 6.45) is 0. The number of para-hydroxylation sites is 1. The van der Waals surface area contributed by atoms with Crippen molar-refractivity contribution in [3.8, 4) is 11.1 Å². The number of nitrogens with zero attached hydrogens (tertiary/aromatic N) is 1. The number of rotatable bonds is 0. The number of fused-ring (bicyclic) bond motifs is 2. The van der Waals surface area contributed by atoms with Crippen molar-refractivity contribution in [3.05, 3.63) is 69.0 Å². The molecular formula is C15H9NO3. The Balaban J connectivity index is 2.31. The molecule has 0 aliphatic carbocycles.